The second-order valence-corrected chi connectivity index (χ2v) is 12.4. The van der Waals surface area contributed by atoms with Crippen LogP contribution in [0.3, 0.4) is 0 Å². The summed E-state index contributed by atoms with van der Waals surface area (Å²) in [4.78, 5) is 0. The Morgan fingerprint density at radius 1 is 0.545 bits per heavy atom. The van der Waals surface area contributed by atoms with Crippen LogP contribution < -0.4 is 0 Å². The van der Waals surface area contributed by atoms with Crippen LogP contribution in [-0.4, -0.2) is 12.2 Å². The van der Waals surface area contributed by atoms with Crippen molar-refractivity contribution in [2.24, 2.45) is 0 Å². The van der Waals surface area contributed by atoms with Gasteiger partial charge in [-0.3, -0.25) is 0 Å². The molecule has 0 bridgehead atoms. The average Bonchev–Trinajstić information content (AvgIpc) is 3.59. The number of hydrogen-bond donors (Lipinski definition) is 0. The highest BCUT2D eigenvalue weighted by molar-refractivity contribution is 5.94. The summed E-state index contributed by atoms with van der Waals surface area (Å²) in [5.41, 5.74) is 11.8. The summed E-state index contributed by atoms with van der Waals surface area (Å²) in [5, 5.41) is 0. The summed E-state index contributed by atoms with van der Waals surface area (Å²) in [6, 6.07) is 27.1. The summed E-state index contributed by atoms with van der Waals surface area (Å²) in [5.74, 6) is 1.41. The first-order valence-corrected chi connectivity index (χ1v) is 16.1. The Labute approximate surface area is 259 Å². The van der Waals surface area contributed by atoms with E-state index in [4.69, 9.17) is 9.47 Å². The van der Waals surface area contributed by atoms with Crippen LogP contribution in [0.1, 0.15) is 96.9 Å². The first-order chi connectivity index (χ1) is 21.5. The third-order valence-electron chi connectivity index (χ3n) is 9.28. The molecule has 2 atom stereocenters. The molecule has 4 aromatic carbocycles. The zero-order valence-corrected chi connectivity index (χ0v) is 25.5. The Morgan fingerprint density at radius 3 is 1.39 bits per heavy atom. The van der Waals surface area contributed by atoms with E-state index in [9.17, 15) is 8.78 Å². The minimum atomic E-state index is -0.195. The van der Waals surface area contributed by atoms with E-state index in [2.05, 4.69) is 62.4 Å². The second-order valence-electron chi connectivity index (χ2n) is 12.4. The van der Waals surface area contributed by atoms with Crippen molar-refractivity contribution >= 4 is 22.7 Å². The van der Waals surface area contributed by atoms with Gasteiger partial charge in [-0.25, -0.2) is 8.78 Å². The molecular weight excluding hydrogens is 550 g/mol. The van der Waals surface area contributed by atoms with Gasteiger partial charge in [0.2, 0.25) is 0 Å². The van der Waals surface area contributed by atoms with Crippen molar-refractivity contribution in [3.63, 3.8) is 0 Å². The molecule has 0 fully saturated rings. The van der Waals surface area contributed by atoms with E-state index in [1.165, 1.54) is 33.4 Å². The van der Waals surface area contributed by atoms with Crippen LogP contribution in [0.15, 0.2) is 84.9 Å². The SMILES string of the molecule is CCCC1CC2=C(O1)c1cc(F)ccc1Cc1ccccc12.CCCC1CC2=C(O1)c1cc(F)ccc1Cc1ccccc12. The van der Waals surface area contributed by atoms with Crippen LogP contribution in [0, 0.1) is 11.6 Å². The summed E-state index contributed by atoms with van der Waals surface area (Å²) in [6.45, 7) is 4.35. The Bertz CT molecular complexity index is 1650. The zero-order valence-electron chi connectivity index (χ0n) is 25.5. The quantitative estimate of drug-likeness (QED) is 0.236. The third-order valence-corrected chi connectivity index (χ3v) is 9.28. The maximum atomic E-state index is 13.8. The van der Waals surface area contributed by atoms with E-state index in [1.807, 2.05) is 12.1 Å². The standard InChI is InChI=1S/2C20H19FO/c2*1-2-5-16-12-19-17-7-4-3-6-13(17)10-14-8-9-15(21)11-18(14)20(19)22-16/h2*3-4,6-9,11,16H,2,5,10,12H2,1H3. The van der Waals surface area contributed by atoms with E-state index < -0.39 is 0 Å². The van der Waals surface area contributed by atoms with Crippen LogP contribution in [0.2, 0.25) is 0 Å². The molecule has 44 heavy (non-hydrogen) atoms. The molecule has 2 aliphatic heterocycles. The van der Waals surface area contributed by atoms with Gasteiger partial charge in [-0.1, -0.05) is 87.4 Å². The van der Waals surface area contributed by atoms with Crippen LogP contribution in [0.4, 0.5) is 8.78 Å². The predicted molar refractivity (Wildman–Crippen MR) is 174 cm³/mol. The molecule has 224 valence electrons. The number of rotatable bonds is 4. The van der Waals surface area contributed by atoms with Crippen LogP contribution in [-0.2, 0) is 22.3 Å². The lowest BCUT2D eigenvalue weighted by Crippen LogP contribution is -2.07. The fraction of sp³-hybridized carbons (Fsp3) is 0.300. The molecule has 8 rings (SSSR count). The molecule has 2 heterocycles. The van der Waals surface area contributed by atoms with Crippen molar-refractivity contribution in [2.75, 3.05) is 0 Å². The van der Waals surface area contributed by atoms with Gasteiger partial charge in [0.05, 0.1) is 0 Å². The molecule has 4 heteroatoms. The molecule has 4 aliphatic rings. The fourth-order valence-corrected chi connectivity index (χ4v) is 7.26. The van der Waals surface area contributed by atoms with Crippen molar-refractivity contribution in [3.8, 4) is 0 Å². The summed E-state index contributed by atoms with van der Waals surface area (Å²) >= 11 is 0. The lowest BCUT2D eigenvalue weighted by Gasteiger charge is -2.15. The topological polar surface area (TPSA) is 18.5 Å². The molecule has 2 aliphatic carbocycles. The minimum absolute atomic E-state index is 0.195. The number of halogens is 2. The van der Waals surface area contributed by atoms with Crippen molar-refractivity contribution in [2.45, 2.75) is 77.4 Å². The molecule has 0 spiro atoms. The van der Waals surface area contributed by atoms with E-state index in [0.717, 1.165) is 85.1 Å². The van der Waals surface area contributed by atoms with Crippen molar-refractivity contribution in [1.82, 2.24) is 0 Å². The number of benzene rings is 4. The van der Waals surface area contributed by atoms with E-state index in [1.54, 1.807) is 24.3 Å². The number of hydrogen-bond acceptors (Lipinski definition) is 2. The zero-order chi connectivity index (χ0) is 30.2. The van der Waals surface area contributed by atoms with Gasteiger partial charge in [-0.15, -0.1) is 0 Å². The van der Waals surface area contributed by atoms with Gasteiger partial charge >= 0.3 is 0 Å². The molecule has 2 nitrogen and oxygen atoms in total. The van der Waals surface area contributed by atoms with E-state index in [0.29, 0.717) is 0 Å². The summed E-state index contributed by atoms with van der Waals surface area (Å²) in [7, 11) is 0. The molecule has 0 aromatic heterocycles. The summed E-state index contributed by atoms with van der Waals surface area (Å²) in [6.07, 6.45) is 8.24. The van der Waals surface area contributed by atoms with Crippen molar-refractivity contribution < 1.29 is 18.3 Å². The molecular formula is C40H38F2O2. The molecule has 0 saturated carbocycles. The van der Waals surface area contributed by atoms with Gasteiger partial charge in [0.15, 0.2) is 0 Å². The fourth-order valence-electron chi connectivity index (χ4n) is 7.26. The van der Waals surface area contributed by atoms with Crippen molar-refractivity contribution in [3.05, 3.63) is 141 Å². The van der Waals surface area contributed by atoms with Crippen LogP contribution >= 0.6 is 0 Å². The monoisotopic (exact) mass is 588 g/mol. The largest absolute Gasteiger partial charge is 0.489 e. The minimum Gasteiger partial charge on any atom is -0.489 e. The molecule has 0 saturated heterocycles. The summed E-state index contributed by atoms with van der Waals surface area (Å²) < 4.78 is 40.0. The van der Waals surface area contributed by atoms with Gasteiger partial charge < -0.3 is 9.47 Å². The third kappa shape index (κ3) is 5.36. The van der Waals surface area contributed by atoms with Crippen LogP contribution in [0.5, 0.6) is 0 Å². The maximum Gasteiger partial charge on any atom is 0.131 e. The van der Waals surface area contributed by atoms with Gasteiger partial charge in [0, 0.05) is 35.1 Å². The lowest BCUT2D eigenvalue weighted by molar-refractivity contribution is 0.179. The van der Waals surface area contributed by atoms with Crippen molar-refractivity contribution in [1.29, 1.82) is 0 Å². The Balaban J connectivity index is 0.000000142. The lowest BCUT2D eigenvalue weighted by atomic mass is 9.94. The first-order valence-electron chi connectivity index (χ1n) is 16.1. The molecule has 2 unspecified atom stereocenters. The smallest absolute Gasteiger partial charge is 0.131 e. The second kappa shape index (κ2) is 12.1. The molecule has 0 N–H and O–H groups in total. The van der Waals surface area contributed by atoms with Crippen LogP contribution in [0.25, 0.3) is 22.7 Å². The number of ether oxygens (including phenoxy) is 2. The van der Waals surface area contributed by atoms with E-state index in [-0.39, 0.29) is 23.8 Å². The van der Waals surface area contributed by atoms with Gasteiger partial charge in [0.1, 0.15) is 35.4 Å². The Kier molecular flexibility index (Phi) is 7.84. The molecule has 0 amide bonds. The van der Waals surface area contributed by atoms with Gasteiger partial charge in [-0.2, -0.15) is 0 Å². The highest BCUT2D eigenvalue weighted by atomic mass is 19.1. The van der Waals surface area contributed by atoms with Gasteiger partial charge in [-0.05, 0) is 83.3 Å². The van der Waals surface area contributed by atoms with Gasteiger partial charge in [0.25, 0.3) is 0 Å². The molecule has 0 radical (unpaired) electrons. The Hall–Kier alpha value is -4.18. The maximum absolute atomic E-state index is 13.8. The normalized spacial score (nSPS) is 19.1. The van der Waals surface area contributed by atoms with E-state index >= 15 is 0 Å². The Morgan fingerprint density at radius 2 is 0.955 bits per heavy atom. The molecule has 4 aromatic rings. The number of fused-ring (bicyclic) bond motifs is 8. The predicted octanol–water partition coefficient (Wildman–Crippen LogP) is 10.4. The first kappa shape index (κ1) is 28.6. The average molecular weight is 589 g/mol. The highest BCUT2D eigenvalue weighted by Gasteiger charge is 2.33. The highest BCUT2D eigenvalue weighted by Crippen LogP contribution is 2.46.